The largest absolute Gasteiger partial charge is 0.463 e. The number of esters is 2. The van der Waals surface area contributed by atoms with Gasteiger partial charge in [-0.3, -0.25) is 19.4 Å². The molecule has 2 aliphatic rings. The Labute approximate surface area is 298 Å². The fraction of sp³-hybridized carbons (Fsp3) is 0.381. The summed E-state index contributed by atoms with van der Waals surface area (Å²) in [6.07, 6.45) is 8.16. The van der Waals surface area contributed by atoms with Gasteiger partial charge in [0, 0.05) is 0 Å². The molecule has 2 aliphatic heterocycles. The first-order valence-corrected chi connectivity index (χ1v) is 17.6. The van der Waals surface area contributed by atoms with Crippen LogP contribution in [0.1, 0.15) is 72.9 Å². The number of benzene rings is 4. The lowest BCUT2D eigenvalue weighted by molar-refractivity contribution is -0.145. The third-order valence-electron chi connectivity index (χ3n) is 9.22. The molecule has 7 heteroatoms. The Morgan fingerprint density at radius 3 is 1.10 bits per heavy atom. The summed E-state index contributed by atoms with van der Waals surface area (Å²) in [6.45, 7) is 5.17. The van der Waals surface area contributed by atoms with Gasteiger partial charge in [0.2, 0.25) is 0 Å². The van der Waals surface area contributed by atoms with Crippen molar-refractivity contribution in [1.29, 1.82) is 0 Å². The molecule has 2 heterocycles. The summed E-state index contributed by atoms with van der Waals surface area (Å²) in [5, 5.41) is 0. The fourth-order valence-electron chi connectivity index (χ4n) is 6.61. The monoisotopic (exact) mass is 682 g/mol. The van der Waals surface area contributed by atoms with Crippen LogP contribution in [0.25, 0.3) is 0 Å². The van der Waals surface area contributed by atoms with E-state index in [2.05, 4.69) is 58.3 Å². The van der Waals surface area contributed by atoms with Crippen LogP contribution < -0.4 is 0 Å². The number of hydrogen-bond donors (Lipinski definition) is 0. The molecule has 0 spiro atoms. The van der Waals surface area contributed by atoms with Gasteiger partial charge < -0.3 is 9.47 Å². The number of nitrogens with zero attached hydrogens (tertiary/aromatic N) is 2. The summed E-state index contributed by atoms with van der Waals surface area (Å²) in [7, 11) is 0. The molecule has 49 heavy (non-hydrogen) atoms. The van der Waals surface area contributed by atoms with Gasteiger partial charge >= 0.3 is 11.9 Å². The van der Waals surface area contributed by atoms with Gasteiger partial charge in [0.1, 0.15) is 13.2 Å². The summed E-state index contributed by atoms with van der Waals surface area (Å²) < 4.78 is 11.3. The van der Waals surface area contributed by atoms with Crippen molar-refractivity contribution in [2.75, 3.05) is 39.4 Å². The van der Waals surface area contributed by atoms with Gasteiger partial charge in [-0.05, 0) is 74.1 Å². The zero-order valence-electron chi connectivity index (χ0n) is 28.5. The van der Waals surface area contributed by atoms with Crippen LogP contribution in [0, 0.1) is 0 Å². The van der Waals surface area contributed by atoms with Crippen LogP contribution in [0.15, 0.2) is 121 Å². The SMILES string of the molecule is Cl.O=C(Cc1ccccc1)OCC(c1ccccc1)N1CCCCC1.O=C(Cc1ccccc1)OCC(c1ccccc1)N1CCCCC1. The summed E-state index contributed by atoms with van der Waals surface area (Å²) >= 11 is 0. The topological polar surface area (TPSA) is 59.1 Å². The number of carbonyl (C=O) groups excluding carboxylic acids is 2. The maximum absolute atomic E-state index is 12.2. The highest BCUT2D eigenvalue weighted by Gasteiger charge is 2.25. The van der Waals surface area contributed by atoms with Gasteiger partial charge in [-0.2, -0.15) is 0 Å². The average molecular weight is 683 g/mol. The second-order valence-corrected chi connectivity index (χ2v) is 12.7. The quantitative estimate of drug-likeness (QED) is 0.140. The molecule has 0 bridgehead atoms. The molecule has 4 aromatic carbocycles. The van der Waals surface area contributed by atoms with Crippen LogP contribution in [0.5, 0.6) is 0 Å². The molecule has 2 fully saturated rings. The Balaban J connectivity index is 0.000000216. The Morgan fingerprint density at radius 2 is 0.776 bits per heavy atom. The zero-order chi connectivity index (χ0) is 33.2. The Bertz CT molecular complexity index is 1360. The first-order valence-electron chi connectivity index (χ1n) is 17.6. The molecule has 0 aliphatic carbocycles. The second-order valence-electron chi connectivity index (χ2n) is 12.7. The van der Waals surface area contributed by atoms with Gasteiger partial charge in [-0.15, -0.1) is 12.4 Å². The predicted molar refractivity (Wildman–Crippen MR) is 199 cm³/mol. The standard InChI is InChI=1S/2C21H25NO2.ClH/c2*23-21(16-18-10-4-1-5-11-18)24-17-20(19-12-6-2-7-13-19)22-14-8-3-9-15-22;/h2*1-2,4-7,10-13,20H,3,8-9,14-17H2;1H. The number of likely N-dealkylation sites (tertiary alicyclic amines) is 2. The number of ether oxygens (including phenoxy) is 2. The normalized spacial score (nSPS) is 16.2. The molecule has 2 saturated heterocycles. The van der Waals surface area contributed by atoms with Crippen molar-refractivity contribution in [1.82, 2.24) is 9.80 Å². The molecule has 0 radical (unpaired) electrons. The van der Waals surface area contributed by atoms with Crippen LogP contribution in [0.3, 0.4) is 0 Å². The van der Waals surface area contributed by atoms with E-state index in [-0.39, 0.29) is 36.4 Å². The van der Waals surface area contributed by atoms with E-state index in [9.17, 15) is 9.59 Å². The molecule has 2 atom stereocenters. The van der Waals surface area contributed by atoms with Gasteiger partial charge in [0.25, 0.3) is 0 Å². The van der Waals surface area contributed by atoms with Gasteiger partial charge in [-0.1, -0.05) is 134 Å². The van der Waals surface area contributed by atoms with E-state index < -0.39 is 0 Å². The molecule has 0 saturated carbocycles. The highest BCUT2D eigenvalue weighted by molar-refractivity contribution is 5.85. The third kappa shape index (κ3) is 12.8. The van der Waals surface area contributed by atoms with Crippen molar-refractivity contribution < 1.29 is 19.1 Å². The van der Waals surface area contributed by atoms with Crippen molar-refractivity contribution in [3.05, 3.63) is 144 Å². The number of hydrogen-bond acceptors (Lipinski definition) is 6. The van der Waals surface area contributed by atoms with Crippen molar-refractivity contribution in [3.8, 4) is 0 Å². The zero-order valence-corrected chi connectivity index (χ0v) is 29.4. The van der Waals surface area contributed by atoms with Crippen molar-refractivity contribution in [2.45, 2.75) is 63.5 Å². The summed E-state index contributed by atoms with van der Waals surface area (Å²) in [4.78, 5) is 29.3. The van der Waals surface area contributed by atoms with Crippen molar-refractivity contribution in [2.24, 2.45) is 0 Å². The molecule has 0 aromatic heterocycles. The highest BCUT2D eigenvalue weighted by atomic mass is 35.5. The second kappa shape index (κ2) is 21.2. The van der Waals surface area contributed by atoms with E-state index in [1.807, 2.05) is 72.8 Å². The molecule has 4 aromatic rings. The minimum absolute atomic E-state index is 0. The van der Waals surface area contributed by atoms with Gasteiger partial charge in [-0.25, -0.2) is 0 Å². The molecular formula is C42H51ClN2O4. The maximum Gasteiger partial charge on any atom is 0.310 e. The van der Waals surface area contributed by atoms with Crippen LogP contribution >= 0.6 is 12.4 Å². The number of piperidine rings is 2. The van der Waals surface area contributed by atoms with Gasteiger partial charge in [0.15, 0.2) is 0 Å². The maximum atomic E-state index is 12.2. The van der Waals surface area contributed by atoms with Crippen LogP contribution in [0.4, 0.5) is 0 Å². The number of rotatable bonds is 12. The van der Waals surface area contributed by atoms with Crippen LogP contribution in [-0.2, 0) is 31.9 Å². The van der Waals surface area contributed by atoms with Gasteiger partial charge in [0.05, 0.1) is 24.9 Å². The van der Waals surface area contributed by atoms with E-state index >= 15 is 0 Å². The summed E-state index contributed by atoms with van der Waals surface area (Å²) in [5.41, 5.74) is 4.45. The van der Waals surface area contributed by atoms with Crippen LogP contribution in [0.2, 0.25) is 0 Å². The predicted octanol–water partition coefficient (Wildman–Crippen LogP) is 8.42. The van der Waals surface area contributed by atoms with E-state index in [1.165, 1.54) is 49.7 Å². The molecule has 260 valence electrons. The van der Waals surface area contributed by atoms with E-state index in [0.29, 0.717) is 26.1 Å². The minimum atomic E-state index is -0.154. The lowest BCUT2D eigenvalue weighted by Gasteiger charge is -2.34. The summed E-state index contributed by atoms with van der Waals surface area (Å²) in [6, 6.07) is 40.6. The lowest BCUT2D eigenvalue weighted by Crippen LogP contribution is -2.36. The van der Waals surface area contributed by atoms with E-state index in [0.717, 1.165) is 37.3 Å². The molecule has 6 rings (SSSR count). The number of carbonyl (C=O) groups is 2. The van der Waals surface area contributed by atoms with E-state index in [1.54, 1.807) is 0 Å². The number of halogens is 1. The van der Waals surface area contributed by atoms with Crippen molar-refractivity contribution in [3.63, 3.8) is 0 Å². The molecule has 0 amide bonds. The summed E-state index contributed by atoms with van der Waals surface area (Å²) in [5.74, 6) is -0.307. The highest BCUT2D eigenvalue weighted by Crippen LogP contribution is 2.26. The smallest absolute Gasteiger partial charge is 0.310 e. The average Bonchev–Trinajstić information content (AvgIpc) is 3.15. The first-order chi connectivity index (χ1) is 23.7. The lowest BCUT2D eigenvalue weighted by atomic mass is 10.0. The Kier molecular flexibility index (Phi) is 16.4. The minimum Gasteiger partial charge on any atom is -0.463 e. The fourth-order valence-corrected chi connectivity index (χ4v) is 6.61. The molecule has 0 N–H and O–H groups in total. The molecular weight excluding hydrogens is 632 g/mol. The Hall–Kier alpha value is -3.97. The van der Waals surface area contributed by atoms with E-state index in [4.69, 9.17) is 9.47 Å². The third-order valence-corrected chi connectivity index (χ3v) is 9.22. The molecule has 2 unspecified atom stereocenters. The Morgan fingerprint density at radius 1 is 0.469 bits per heavy atom. The van der Waals surface area contributed by atoms with Crippen molar-refractivity contribution >= 4 is 24.3 Å². The van der Waals surface area contributed by atoms with Crippen LogP contribution in [-0.4, -0.2) is 61.1 Å². The molecule has 6 nitrogen and oxygen atoms in total. The first kappa shape index (κ1) is 37.8.